The fourth-order valence-electron chi connectivity index (χ4n) is 3.27. The zero-order valence-corrected chi connectivity index (χ0v) is 16.4. The Labute approximate surface area is 167 Å². The lowest BCUT2D eigenvalue weighted by molar-refractivity contribution is -0.138. The van der Waals surface area contributed by atoms with Crippen LogP contribution in [0.2, 0.25) is 0 Å². The fraction of sp³-hybridized carbons (Fsp3) is 0.286. The number of carboxylic acids is 1. The van der Waals surface area contributed by atoms with Crippen LogP contribution in [0.25, 0.3) is 0 Å². The number of carbonyl (C=O) groups excluding carboxylic acids is 2. The molecule has 0 saturated heterocycles. The Kier molecular flexibility index (Phi) is 6.36. The Morgan fingerprint density at radius 1 is 1.14 bits per heavy atom. The molecule has 2 aromatic rings. The zero-order chi connectivity index (χ0) is 20.1. The number of thioether (sulfide) groups is 1. The summed E-state index contributed by atoms with van der Waals surface area (Å²) in [4.78, 5) is 37.8. The number of hydrogen-bond acceptors (Lipinski definition) is 4. The van der Waals surface area contributed by atoms with Crippen LogP contribution in [0, 0.1) is 0 Å². The zero-order valence-electron chi connectivity index (χ0n) is 15.6. The summed E-state index contributed by atoms with van der Waals surface area (Å²) in [5.74, 6) is -0.994. The van der Waals surface area contributed by atoms with E-state index in [1.54, 1.807) is 18.2 Å². The predicted octanol–water partition coefficient (Wildman–Crippen LogP) is 3.56. The number of carbonyl (C=O) groups is 3. The highest BCUT2D eigenvalue weighted by molar-refractivity contribution is 8.00. The highest BCUT2D eigenvalue weighted by Gasteiger charge is 2.30. The number of aliphatic carboxylic acids is 1. The maximum absolute atomic E-state index is 12.8. The lowest BCUT2D eigenvalue weighted by Gasteiger charge is -2.22. The van der Waals surface area contributed by atoms with E-state index in [-0.39, 0.29) is 30.7 Å². The summed E-state index contributed by atoms with van der Waals surface area (Å²) in [6.45, 7) is 2.05. The van der Waals surface area contributed by atoms with E-state index >= 15 is 0 Å². The average molecular weight is 398 g/mol. The van der Waals surface area contributed by atoms with Crippen LogP contribution in [0.4, 0.5) is 11.4 Å². The third-order valence-electron chi connectivity index (χ3n) is 4.52. The third-order valence-corrected chi connectivity index (χ3v) is 5.50. The molecule has 28 heavy (non-hydrogen) atoms. The summed E-state index contributed by atoms with van der Waals surface area (Å²) < 4.78 is 0. The van der Waals surface area contributed by atoms with E-state index in [1.165, 1.54) is 17.3 Å². The number of nitrogens with zero attached hydrogens (tertiary/aromatic N) is 1. The number of para-hydroxylation sites is 1. The number of rotatable bonds is 7. The van der Waals surface area contributed by atoms with Crippen LogP contribution < -0.4 is 10.2 Å². The number of fused-ring (bicyclic) bond motifs is 1. The first-order valence-corrected chi connectivity index (χ1v) is 10.1. The molecule has 1 aliphatic rings. The van der Waals surface area contributed by atoms with Crippen molar-refractivity contribution in [3.05, 3.63) is 54.1 Å². The van der Waals surface area contributed by atoms with E-state index in [0.717, 1.165) is 17.0 Å². The number of nitrogens with one attached hydrogen (secondary N) is 1. The normalized spacial score (nSPS) is 15.2. The van der Waals surface area contributed by atoms with Gasteiger partial charge in [-0.15, -0.1) is 11.8 Å². The molecular weight excluding hydrogens is 376 g/mol. The Balaban J connectivity index is 1.58. The SMILES string of the molecule is CC1Cc2ccccc2N1C(=O)CSc1cccc(NC(=O)CCC(=O)O)c1. The van der Waals surface area contributed by atoms with Gasteiger partial charge in [0.2, 0.25) is 11.8 Å². The van der Waals surface area contributed by atoms with Gasteiger partial charge in [-0.3, -0.25) is 14.4 Å². The van der Waals surface area contributed by atoms with Crippen molar-refractivity contribution in [1.82, 2.24) is 0 Å². The minimum Gasteiger partial charge on any atom is -0.481 e. The Morgan fingerprint density at radius 2 is 1.93 bits per heavy atom. The molecule has 2 aromatic carbocycles. The van der Waals surface area contributed by atoms with Crippen molar-refractivity contribution in [1.29, 1.82) is 0 Å². The standard InChI is InChI=1S/C21H22N2O4S/c1-14-11-15-5-2-3-8-18(15)23(14)20(25)13-28-17-7-4-6-16(12-17)22-19(24)9-10-21(26)27/h2-8,12,14H,9-11,13H2,1H3,(H,22,24)(H,26,27). The number of carboxylic acid groups (broad SMARTS) is 1. The van der Waals surface area contributed by atoms with Crippen molar-refractivity contribution in [2.45, 2.75) is 37.1 Å². The van der Waals surface area contributed by atoms with Crippen molar-refractivity contribution in [3.63, 3.8) is 0 Å². The van der Waals surface area contributed by atoms with Gasteiger partial charge in [0.05, 0.1) is 12.2 Å². The second-order valence-electron chi connectivity index (χ2n) is 6.70. The molecule has 0 bridgehead atoms. The minimum absolute atomic E-state index is 0.0540. The van der Waals surface area contributed by atoms with Crippen LogP contribution >= 0.6 is 11.8 Å². The first kappa shape index (κ1) is 19.9. The third kappa shape index (κ3) is 4.92. The van der Waals surface area contributed by atoms with Gasteiger partial charge in [-0.25, -0.2) is 0 Å². The molecule has 0 saturated carbocycles. The highest BCUT2D eigenvalue weighted by Crippen LogP contribution is 2.33. The van der Waals surface area contributed by atoms with Gasteiger partial charge in [0.15, 0.2) is 0 Å². The van der Waals surface area contributed by atoms with Gasteiger partial charge >= 0.3 is 5.97 Å². The monoisotopic (exact) mass is 398 g/mol. The molecule has 1 atom stereocenters. The quantitative estimate of drug-likeness (QED) is 0.697. The van der Waals surface area contributed by atoms with E-state index in [9.17, 15) is 14.4 Å². The molecule has 0 radical (unpaired) electrons. The molecule has 7 heteroatoms. The van der Waals surface area contributed by atoms with Gasteiger partial charge < -0.3 is 15.3 Å². The predicted molar refractivity (Wildman–Crippen MR) is 110 cm³/mol. The summed E-state index contributed by atoms with van der Waals surface area (Å²) >= 11 is 1.41. The first-order valence-electron chi connectivity index (χ1n) is 9.08. The molecular formula is C21H22N2O4S. The number of amides is 2. The van der Waals surface area contributed by atoms with Crippen molar-refractivity contribution in [3.8, 4) is 0 Å². The maximum atomic E-state index is 12.8. The Bertz CT molecular complexity index is 899. The summed E-state index contributed by atoms with van der Waals surface area (Å²) in [5.41, 5.74) is 2.77. The van der Waals surface area contributed by atoms with Crippen LogP contribution in [0.15, 0.2) is 53.4 Å². The van der Waals surface area contributed by atoms with Gasteiger partial charge in [-0.05, 0) is 43.2 Å². The van der Waals surface area contributed by atoms with Gasteiger partial charge in [0.1, 0.15) is 0 Å². The molecule has 1 unspecified atom stereocenters. The minimum atomic E-state index is -1.00. The van der Waals surface area contributed by atoms with Crippen LogP contribution in [0.1, 0.15) is 25.3 Å². The van der Waals surface area contributed by atoms with Gasteiger partial charge in [0, 0.05) is 28.7 Å². The van der Waals surface area contributed by atoms with Crippen molar-refractivity contribution >= 4 is 40.9 Å². The topological polar surface area (TPSA) is 86.7 Å². The average Bonchev–Trinajstić information content (AvgIpc) is 3.00. The molecule has 0 aromatic heterocycles. The molecule has 0 spiro atoms. The largest absolute Gasteiger partial charge is 0.481 e. The highest BCUT2D eigenvalue weighted by atomic mass is 32.2. The smallest absolute Gasteiger partial charge is 0.303 e. The summed E-state index contributed by atoms with van der Waals surface area (Å²) in [7, 11) is 0. The molecule has 1 heterocycles. The maximum Gasteiger partial charge on any atom is 0.303 e. The van der Waals surface area contributed by atoms with Crippen molar-refractivity contribution in [2.75, 3.05) is 16.0 Å². The van der Waals surface area contributed by atoms with Crippen LogP contribution in [0.3, 0.4) is 0 Å². The lowest BCUT2D eigenvalue weighted by atomic mass is 10.1. The second-order valence-corrected chi connectivity index (χ2v) is 7.75. The second kappa shape index (κ2) is 8.93. The summed E-state index contributed by atoms with van der Waals surface area (Å²) in [5, 5.41) is 11.3. The van der Waals surface area contributed by atoms with E-state index in [4.69, 9.17) is 5.11 Å². The number of hydrogen-bond donors (Lipinski definition) is 2. The lowest BCUT2D eigenvalue weighted by Crippen LogP contribution is -2.36. The van der Waals surface area contributed by atoms with E-state index in [1.807, 2.05) is 29.2 Å². The van der Waals surface area contributed by atoms with Crippen molar-refractivity contribution in [2.24, 2.45) is 0 Å². The molecule has 6 nitrogen and oxygen atoms in total. The Hall–Kier alpha value is -2.80. The van der Waals surface area contributed by atoms with E-state index in [0.29, 0.717) is 11.4 Å². The first-order chi connectivity index (χ1) is 13.4. The van der Waals surface area contributed by atoms with E-state index < -0.39 is 5.97 Å². The van der Waals surface area contributed by atoms with E-state index in [2.05, 4.69) is 18.3 Å². The molecule has 0 fully saturated rings. The van der Waals surface area contributed by atoms with Crippen LogP contribution in [0.5, 0.6) is 0 Å². The molecule has 2 amide bonds. The number of anilines is 2. The fourth-order valence-corrected chi connectivity index (χ4v) is 4.08. The summed E-state index contributed by atoms with van der Waals surface area (Å²) in [6, 6.07) is 15.3. The summed E-state index contributed by atoms with van der Waals surface area (Å²) in [6.07, 6.45) is 0.589. The molecule has 3 rings (SSSR count). The molecule has 1 aliphatic heterocycles. The molecule has 146 valence electrons. The van der Waals surface area contributed by atoms with Crippen molar-refractivity contribution < 1.29 is 19.5 Å². The van der Waals surface area contributed by atoms with Gasteiger partial charge in [0.25, 0.3) is 0 Å². The van der Waals surface area contributed by atoms with Crippen LogP contribution in [-0.2, 0) is 20.8 Å². The number of benzene rings is 2. The van der Waals surface area contributed by atoms with Crippen LogP contribution in [-0.4, -0.2) is 34.7 Å². The molecule has 2 N–H and O–H groups in total. The Morgan fingerprint density at radius 3 is 2.71 bits per heavy atom. The van der Waals surface area contributed by atoms with Gasteiger partial charge in [-0.2, -0.15) is 0 Å². The molecule has 0 aliphatic carbocycles. The van der Waals surface area contributed by atoms with Gasteiger partial charge in [-0.1, -0.05) is 24.3 Å².